The Morgan fingerprint density at radius 3 is 2.25 bits per heavy atom. The number of nitrogens with one attached hydrogen (secondary N) is 1. The molecule has 142 valence electrons. The molecule has 0 aliphatic rings. The first-order chi connectivity index (χ1) is 13.4. The van der Waals surface area contributed by atoms with Crippen molar-refractivity contribution >= 4 is 17.5 Å². The van der Waals surface area contributed by atoms with E-state index in [2.05, 4.69) is 5.32 Å². The molecule has 0 radical (unpaired) electrons. The Morgan fingerprint density at radius 1 is 0.964 bits per heavy atom. The molecule has 28 heavy (non-hydrogen) atoms. The lowest BCUT2D eigenvalue weighted by Crippen LogP contribution is -2.30. The number of ether oxygens (including phenoxy) is 1. The van der Waals surface area contributed by atoms with Gasteiger partial charge in [0.25, 0.3) is 11.8 Å². The summed E-state index contributed by atoms with van der Waals surface area (Å²) in [6, 6.07) is 20.9. The fourth-order valence-electron chi connectivity index (χ4n) is 2.65. The van der Waals surface area contributed by atoms with Crippen molar-refractivity contribution in [2.45, 2.75) is 13.0 Å². The van der Waals surface area contributed by atoms with Crippen LogP contribution in [0.15, 0.2) is 72.8 Å². The summed E-state index contributed by atoms with van der Waals surface area (Å²) in [6.45, 7) is 1.60. The average Bonchev–Trinajstić information content (AvgIpc) is 2.70. The summed E-state index contributed by atoms with van der Waals surface area (Å²) in [5.74, 6) is -1.54. The van der Waals surface area contributed by atoms with Crippen LogP contribution in [-0.2, 0) is 4.79 Å². The molecule has 0 aromatic heterocycles. The van der Waals surface area contributed by atoms with Gasteiger partial charge in [-0.05, 0) is 48.4 Å². The summed E-state index contributed by atoms with van der Waals surface area (Å²) in [5.41, 5.74) is 7.21. The van der Waals surface area contributed by atoms with Gasteiger partial charge in [0.15, 0.2) is 6.10 Å². The minimum absolute atomic E-state index is 0.259. The summed E-state index contributed by atoms with van der Waals surface area (Å²) in [7, 11) is 0. The van der Waals surface area contributed by atoms with E-state index in [0.29, 0.717) is 5.75 Å². The Balaban J connectivity index is 1.64. The maximum Gasteiger partial charge on any atom is 0.265 e. The van der Waals surface area contributed by atoms with Gasteiger partial charge < -0.3 is 15.8 Å². The number of amides is 2. The SMILES string of the molecule is C[C@H](Oc1ccc(-c2ccccc2)cc1)C(=O)Nc1ccc(F)c(C(N)=O)c1. The molecule has 0 bridgehead atoms. The van der Waals surface area contributed by atoms with E-state index in [0.717, 1.165) is 17.2 Å². The predicted octanol–water partition coefficient (Wildman–Crippen LogP) is 4.00. The number of halogens is 1. The monoisotopic (exact) mass is 378 g/mol. The van der Waals surface area contributed by atoms with Gasteiger partial charge in [-0.3, -0.25) is 9.59 Å². The molecule has 2 amide bonds. The summed E-state index contributed by atoms with van der Waals surface area (Å²) < 4.78 is 19.2. The van der Waals surface area contributed by atoms with Crippen molar-refractivity contribution in [3.63, 3.8) is 0 Å². The smallest absolute Gasteiger partial charge is 0.265 e. The normalized spacial score (nSPS) is 11.5. The van der Waals surface area contributed by atoms with E-state index in [-0.39, 0.29) is 11.3 Å². The van der Waals surface area contributed by atoms with Gasteiger partial charge in [0.05, 0.1) is 5.56 Å². The van der Waals surface area contributed by atoms with Crippen LogP contribution in [0.1, 0.15) is 17.3 Å². The van der Waals surface area contributed by atoms with E-state index in [9.17, 15) is 14.0 Å². The Kier molecular flexibility index (Phi) is 5.69. The van der Waals surface area contributed by atoms with E-state index in [1.807, 2.05) is 42.5 Å². The summed E-state index contributed by atoms with van der Waals surface area (Å²) in [5, 5.41) is 2.58. The third-order valence-electron chi connectivity index (χ3n) is 4.14. The van der Waals surface area contributed by atoms with Crippen molar-refractivity contribution in [2.24, 2.45) is 5.73 Å². The molecule has 0 unspecified atom stereocenters. The van der Waals surface area contributed by atoms with Crippen LogP contribution in [0.3, 0.4) is 0 Å². The second kappa shape index (κ2) is 8.35. The van der Waals surface area contributed by atoms with Gasteiger partial charge in [0.2, 0.25) is 0 Å². The molecular weight excluding hydrogens is 359 g/mol. The van der Waals surface area contributed by atoms with Gasteiger partial charge in [-0.2, -0.15) is 0 Å². The molecule has 3 N–H and O–H groups in total. The number of nitrogens with two attached hydrogens (primary N) is 1. The van der Waals surface area contributed by atoms with Crippen molar-refractivity contribution in [2.75, 3.05) is 5.32 Å². The first-order valence-electron chi connectivity index (χ1n) is 8.66. The first-order valence-corrected chi connectivity index (χ1v) is 8.66. The van der Waals surface area contributed by atoms with E-state index >= 15 is 0 Å². The maximum absolute atomic E-state index is 13.5. The van der Waals surface area contributed by atoms with Crippen LogP contribution in [0.5, 0.6) is 5.75 Å². The van der Waals surface area contributed by atoms with Gasteiger partial charge in [0, 0.05) is 5.69 Å². The standard InChI is InChI=1S/C22H19FN2O3/c1-14(22(27)25-17-9-12-20(23)19(13-17)21(24)26)28-18-10-7-16(8-11-18)15-5-3-2-4-6-15/h2-14H,1H3,(H2,24,26)(H,25,27)/t14-/m0/s1. The van der Waals surface area contributed by atoms with Crippen molar-refractivity contribution in [1.82, 2.24) is 0 Å². The first kappa shape index (κ1) is 19.1. The minimum Gasteiger partial charge on any atom is -0.481 e. The molecule has 1 atom stereocenters. The van der Waals surface area contributed by atoms with Crippen molar-refractivity contribution in [1.29, 1.82) is 0 Å². The van der Waals surface area contributed by atoms with Gasteiger partial charge in [-0.25, -0.2) is 4.39 Å². The zero-order chi connectivity index (χ0) is 20.1. The Bertz CT molecular complexity index is 988. The number of anilines is 1. The molecule has 0 spiro atoms. The number of rotatable bonds is 6. The van der Waals surface area contributed by atoms with Crippen LogP contribution < -0.4 is 15.8 Å². The number of hydrogen-bond donors (Lipinski definition) is 2. The number of carbonyl (C=O) groups excluding carboxylic acids is 2. The molecule has 5 nitrogen and oxygen atoms in total. The van der Waals surface area contributed by atoms with Gasteiger partial charge in [0.1, 0.15) is 11.6 Å². The quantitative estimate of drug-likeness (QED) is 0.680. The molecule has 0 saturated heterocycles. The largest absolute Gasteiger partial charge is 0.481 e. The zero-order valence-corrected chi connectivity index (χ0v) is 15.2. The molecule has 0 aliphatic heterocycles. The van der Waals surface area contributed by atoms with Gasteiger partial charge in [-0.1, -0.05) is 42.5 Å². The molecule has 0 aliphatic carbocycles. The van der Waals surface area contributed by atoms with E-state index in [4.69, 9.17) is 10.5 Å². The van der Waals surface area contributed by atoms with Crippen LogP contribution in [0.2, 0.25) is 0 Å². The highest BCUT2D eigenvalue weighted by molar-refractivity contribution is 5.97. The second-order valence-corrected chi connectivity index (χ2v) is 6.20. The lowest BCUT2D eigenvalue weighted by atomic mass is 10.1. The van der Waals surface area contributed by atoms with Crippen molar-refractivity contribution in [3.05, 3.63) is 84.2 Å². The van der Waals surface area contributed by atoms with Crippen LogP contribution in [-0.4, -0.2) is 17.9 Å². The van der Waals surface area contributed by atoms with Crippen LogP contribution in [0, 0.1) is 5.82 Å². The van der Waals surface area contributed by atoms with E-state index in [1.165, 1.54) is 12.1 Å². The Labute approximate surface area is 161 Å². The van der Waals surface area contributed by atoms with Gasteiger partial charge in [-0.15, -0.1) is 0 Å². The number of primary amides is 1. The molecular formula is C22H19FN2O3. The zero-order valence-electron chi connectivity index (χ0n) is 15.2. The van der Waals surface area contributed by atoms with E-state index in [1.54, 1.807) is 19.1 Å². The third kappa shape index (κ3) is 4.54. The fourth-order valence-corrected chi connectivity index (χ4v) is 2.65. The van der Waals surface area contributed by atoms with Crippen LogP contribution in [0.4, 0.5) is 10.1 Å². The molecule has 0 saturated carbocycles. The van der Waals surface area contributed by atoms with Crippen molar-refractivity contribution in [3.8, 4) is 16.9 Å². The summed E-state index contributed by atoms with van der Waals surface area (Å²) >= 11 is 0. The lowest BCUT2D eigenvalue weighted by molar-refractivity contribution is -0.122. The Morgan fingerprint density at radius 2 is 1.61 bits per heavy atom. The number of benzene rings is 3. The highest BCUT2D eigenvalue weighted by atomic mass is 19.1. The highest BCUT2D eigenvalue weighted by Crippen LogP contribution is 2.23. The molecule has 6 heteroatoms. The summed E-state index contributed by atoms with van der Waals surface area (Å²) in [4.78, 5) is 23.5. The number of hydrogen-bond acceptors (Lipinski definition) is 3. The van der Waals surface area contributed by atoms with Crippen LogP contribution >= 0.6 is 0 Å². The van der Waals surface area contributed by atoms with Gasteiger partial charge >= 0.3 is 0 Å². The molecule has 0 fully saturated rings. The highest BCUT2D eigenvalue weighted by Gasteiger charge is 2.16. The van der Waals surface area contributed by atoms with Crippen molar-refractivity contribution < 1.29 is 18.7 Å². The predicted molar refractivity (Wildman–Crippen MR) is 106 cm³/mol. The lowest BCUT2D eigenvalue weighted by Gasteiger charge is -2.15. The Hall–Kier alpha value is -3.67. The van der Waals surface area contributed by atoms with E-state index < -0.39 is 23.7 Å². The summed E-state index contributed by atoms with van der Waals surface area (Å²) in [6.07, 6.45) is -0.801. The third-order valence-corrected chi connectivity index (χ3v) is 4.14. The topological polar surface area (TPSA) is 81.4 Å². The molecule has 3 aromatic rings. The fraction of sp³-hybridized carbons (Fsp3) is 0.0909. The molecule has 3 aromatic carbocycles. The van der Waals surface area contributed by atoms with Crippen LogP contribution in [0.25, 0.3) is 11.1 Å². The average molecular weight is 378 g/mol. The molecule has 0 heterocycles. The minimum atomic E-state index is -0.906. The number of carbonyl (C=O) groups is 2. The molecule has 3 rings (SSSR count). The second-order valence-electron chi connectivity index (χ2n) is 6.20. The maximum atomic E-state index is 13.5.